The van der Waals surface area contributed by atoms with Crippen molar-refractivity contribution in [2.75, 3.05) is 19.3 Å². The van der Waals surface area contributed by atoms with Crippen LogP contribution in [0.3, 0.4) is 0 Å². The number of hydrogen-bond acceptors (Lipinski definition) is 2. The standard InChI is InChI=1S/C11H14F4N2/c1-17(7-11(14,15)10(12)13)6-8-3-2-4-9(16)5-8/h2-5,10H,6-7,16H2,1H3. The van der Waals surface area contributed by atoms with Crippen LogP contribution in [0.2, 0.25) is 0 Å². The van der Waals surface area contributed by atoms with Gasteiger partial charge in [-0.3, -0.25) is 4.90 Å². The molecule has 0 heterocycles. The minimum Gasteiger partial charge on any atom is -0.399 e. The molecule has 0 unspecified atom stereocenters. The molecule has 1 rings (SSSR count). The van der Waals surface area contributed by atoms with Gasteiger partial charge >= 0.3 is 12.3 Å². The number of nitrogens with two attached hydrogens (primary N) is 1. The lowest BCUT2D eigenvalue weighted by molar-refractivity contribution is -0.140. The maximum atomic E-state index is 12.8. The summed E-state index contributed by atoms with van der Waals surface area (Å²) in [5.74, 6) is -3.99. The summed E-state index contributed by atoms with van der Waals surface area (Å²) >= 11 is 0. The van der Waals surface area contributed by atoms with E-state index in [0.29, 0.717) is 11.3 Å². The first-order valence-electron chi connectivity index (χ1n) is 5.00. The van der Waals surface area contributed by atoms with E-state index in [1.807, 2.05) is 0 Å². The summed E-state index contributed by atoms with van der Waals surface area (Å²) in [7, 11) is 1.36. The van der Waals surface area contributed by atoms with Gasteiger partial charge in [-0.15, -0.1) is 0 Å². The van der Waals surface area contributed by atoms with Gasteiger partial charge in [-0.05, 0) is 24.7 Å². The largest absolute Gasteiger partial charge is 0.399 e. The predicted octanol–water partition coefficient (Wildman–Crippen LogP) is 2.60. The number of benzene rings is 1. The Morgan fingerprint density at radius 2 is 2.00 bits per heavy atom. The van der Waals surface area contributed by atoms with Crippen LogP contribution in [0.4, 0.5) is 23.2 Å². The molecule has 0 aliphatic heterocycles. The van der Waals surface area contributed by atoms with Gasteiger partial charge < -0.3 is 5.73 Å². The zero-order valence-electron chi connectivity index (χ0n) is 9.34. The van der Waals surface area contributed by atoms with E-state index in [1.165, 1.54) is 7.05 Å². The topological polar surface area (TPSA) is 29.3 Å². The van der Waals surface area contributed by atoms with Gasteiger partial charge in [-0.2, -0.15) is 8.78 Å². The van der Waals surface area contributed by atoms with Crippen molar-refractivity contribution in [2.45, 2.75) is 18.9 Å². The van der Waals surface area contributed by atoms with E-state index >= 15 is 0 Å². The van der Waals surface area contributed by atoms with Crippen LogP contribution in [0, 0.1) is 0 Å². The van der Waals surface area contributed by atoms with Gasteiger partial charge in [0.25, 0.3) is 0 Å². The van der Waals surface area contributed by atoms with Crippen LogP contribution in [-0.4, -0.2) is 30.8 Å². The summed E-state index contributed by atoms with van der Waals surface area (Å²) in [5.41, 5.74) is 6.74. The zero-order valence-corrected chi connectivity index (χ0v) is 9.34. The number of rotatable bonds is 5. The molecular formula is C11H14F4N2. The van der Waals surface area contributed by atoms with Crippen molar-refractivity contribution in [3.05, 3.63) is 29.8 Å². The molecule has 0 saturated carbocycles. The van der Waals surface area contributed by atoms with E-state index in [1.54, 1.807) is 24.3 Å². The second-order valence-corrected chi connectivity index (χ2v) is 3.98. The lowest BCUT2D eigenvalue weighted by Gasteiger charge is -2.23. The normalized spacial score (nSPS) is 12.4. The summed E-state index contributed by atoms with van der Waals surface area (Å²) in [5, 5.41) is 0. The molecule has 0 radical (unpaired) electrons. The average molecular weight is 250 g/mol. The molecule has 17 heavy (non-hydrogen) atoms. The molecule has 0 aliphatic carbocycles. The van der Waals surface area contributed by atoms with Crippen LogP contribution in [0.5, 0.6) is 0 Å². The quantitative estimate of drug-likeness (QED) is 0.643. The van der Waals surface area contributed by atoms with Gasteiger partial charge in [0, 0.05) is 12.2 Å². The van der Waals surface area contributed by atoms with E-state index in [4.69, 9.17) is 5.73 Å². The van der Waals surface area contributed by atoms with Crippen molar-refractivity contribution in [2.24, 2.45) is 0 Å². The molecule has 0 amide bonds. The predicted molar refractivity (Wildman–Crippen MR) is 58.1 cm³/mol. The van der Waals surface area contributed by atoms with Gasteiger partial charge in [-0.1, -0.05) is 12.1 Å². The van der Waals surface area contributed by atoms with Gasteiger partial charge in [0.15, 0.2) is 0 Å². The first kappa shape index (κ1) is 13.8. The second-order valence-electron chi connectivity index (χ2n) is 3.98. The van der Waals surface area contributed by atoms with Crippen molar-refractivity contribution in [1.82, 2.24) is 4.90 Å². The summed E-state index contributed by atoms with van der Waals surface area (Å²) in [6, 6.07) is 6.67. The number of nitrogen functional groups attached to an aromatic ring is 1. The Labute approximate surface area is 97.0 Å². The van der Waals surface area contributed by atoms with E-state index < -0.39 is 18.9 Å². The highest BCUT2D eigenvalue weighted by Crippen LogP contribution is 2.24. The lowest BCUT2D eigenvalue weighted by atomic mass is 10.2. The summed E-state index contributed by atoms with van der Waals surface area (Å²) in [4.78, 5) is 1.14. The third-order valence-corrected chi connectivity index (χ3v) is 2.20. The molecule has 2 nitrogen and oxygen atoms in total. The van der Waals surface area contributed by atoms with Gasteiger partial charge in [0.2, 0.25) is 0 Å². The highest BCUT2D eigenvalue weighted by atomic mass is 19.3. The lowest BCUT2D eigenvalue weighted by Crippen LogP contribution is -2.39. The fourth-order valence-corrected chi connectivity index (χ4v) is 1.49. The molecule has 96 valence electrons. The molecule has 0 aromatic heterocycles. The molecule has 2 N–H and O–H groups in total. The maximum absolute atomic E-state index is 12.8. The average Bonchev–Trinajstić information content (AvgIpc) is 2.15. The monoisotopic (exact) mass is 250 g/mol. The van der Waals surface area contributed by atoms with E-state index in [0.717, 1.165) is 4.90 Å². The highest BCUT2D eigenvalue weighted by Gasteiger charge is 2.41. The third kappa shape index (κ3) is 4.22. The molecule has 0 aliphatic rings. The molecular weight excluding hydrogens is 236 g/mol. The Morgan fingerprint density at radius 1 is 1.35 bits per heavy atom. The van der Waals surface area contributed by atoms with E-state index in [-0.39, 0.29) is 6.54 Å². The highest BCUT2D eigenvalue weighted by molar-refractivity contribution is 5.40. The van der Waals surface area contributed by atoms with Crippen LogP contribution in [0.15, 0.2) is 24.3 Å². The molecule has 0 fully saturated rings. The molecule has 1 aromatic carbocycles. The Morgan fingerprint density at radius 3 is 2.53 bits per heavy atom. The van der Waals surface area contributed by atoms with Crippen molar-refractivity contribution in [1.29, 1.82) is 0 Å². The SMILES string of the molecule is CN(Cc1cccc(N)c1)CC(F)(F)C(F)F. The first-order chi connectivity index (χ1) is 7.81. The zero-order chi connectivity index (χ0) is 13.1. The Kier molecular flexibility index (Phi) is 4.34. The van der Waals surface area contributed by atoms with Crippen LogP contribution in [-0.2, 0) is 6.54 Å². The smallest absolute Gasteiger partial charge is 0.319 e. The third-order valence-electron chi connectivity index (χ3n) is 2.20. The molecule has 0 spiro atoms. The number of hydrogen-bond donors (Lipinski definition) is 1. The molecule has 0 atom stereocenters. The minimum atomic E-state index is -3.99. The Bertz CT molecular complexity index is 368. The van der Waals surface area contributed by atoms with Crippen molar-refractivity contribution in [3.63, 3.8) is 0 Å². The fraction of sp³-hybridized carbons (Fsp3) is 0.455. The van der Waals surface area contributed by atoms with Crippen molar-refractivity contribution < 1.29 is 17.6 Å². The number of anilines is 1. The Hall–Kier alpha value is -1.30. The molecule has 0 saturated heterocycles. The Balaban J connectivity index is 2.58. The van der Waals surface area contributed by atoms with Crippen LogP contribution < -0.4 is 5.73 Å². The summed E-state index contributed by atoms with van der Waals surface area (Å²) < 4.78 is 49.5. The van der Waals surface area contributed by atoms with Crippen LogP contribution in [0.1, 0.15) is 5.56 Å². The molecule has 6 heteroatoms. The van der Waals surface area contributed by atoms with Crippen molar-refractivity contribution in [3.8, 4) is 0 Å². The number of alkyl halides is 4. The number of halogens is 4. The minimum absolute atomic E-state index is 0.146. The van der Waals surface area contributed by atoms with E-state index in [9.17, 15) is 17.6 Å². The van der Waals surface area contributed by atoms with Crippen LogP contribution >= 0.6 is 0 Å². The van der Waals surface area contributed by atoms with Gasteiger partial charge in [0.05, 0.1) is 6.54 Å². The first-order valence-corrected chi connectivity index (χ1v) is 5.00. The van der Waals surface area contributed by atoms with Crippen LogP contribution in [0.25, 0.3) is 0 Å². The molecule has 1 aromatic rings. The van der Waals surface area contributed by atoms with Gasteiger partial charge in [-0.25, -0.2) is 8.78 Å². The van der Waals surface area contributed by atoms with Crippen molar-refractivity contribution >= 4 is 5.69 Å². The maximum Gasteiger partial charge on any atom is 0.319 e. The summed E-state index contributed by atoms with van der Waals surface area (Å²) in [6.45, 7) is -0.840. The van der Waals surface area contributed by atoms with E-state index in [2.05, 4.69) is 0 Å². The summed E-state index contributed by atoms with van der Waals surface area (Å²) in [6.07, 6.45) is -3.65. The fourth-order valence-electron chi connectivity index (χ4n) is 1.49. The van der Waals surface area contributed by atoms with Gasteiger partial charge in [0.1, 0.15) is 0 Å². The second kappa shape index (κ2) is 5.35. The number of nitrogens with zero attached hydrogens (tertiary/aromatic N) is 1. The molecule has 0 bridgehead atoms.